The summed E-state index contributed by atoms with van der Waals surface area (Å²) in [6.07, 6.45) is 1.72. The number of amides is 2. The molecule has 3 rings (SSSR count). The Morgan fingerprint density at radius 2 is 1.97 bits per heavy atom. The number of nitrogens with one attached hydrogen (secondary N) is 2. The van der Waals surface area contributed by atoms with Gasteiger partial charge in [-0.1, -0.05) is 42.1 Å². The fourth-order valence-corrected chi connectivity index (χ4v) is 3.95. The van der Waals surface area contributed by atoms with Gasteiger partial charge in [0.05, 0.1) is 24.6 Å². The predicted molar refractivity (Wildman–Crippen MR) is 130 cm³/mol. The highest BCUT2D eigenvalue weighted by Gasteiger charge is 2.20. The molecule has 0 saturated heterocycles. The van der Waals surface area contributed by atoms with Crippen LogP contribution in [0, 0.1) is 6.92 Å². The van der Waals surface area contributed by atoms with Crippen LogP contribution in [0.1, 0.15) is 34.7 Å². The topological polar surface area (TPSA) is 98.1 Å². The molecule has 0 bridgehead atoms. The minimum absolute atomic E-state index is 0.136. The number of benzene rings is 2. The van der Waals surface area contributed by atoms with Gasteiger partial charge in [0, 0.05) is 12.1 Å². The maximum Gasteiger partial charge on any atom is 0.251 e. The molecule has 3 aromatic rings. The summed E-state index contributed by atoms with van der Waals surface area (Å²) >= 11 is 1.26. The van der Waals surface area contributed by atoms with E-state index >= 15 is 0 Å². The molecule has 1 aromatic heterocycles. The Morgan fingerprint density at radius 1 is 1.21 bits per heavy atom. The van der Waals surface area contributed by atoms with Crippen LogP contribution in [-0.2, 0) is 11.3 Å². The number of methoxy groups -OCH3 is 1. The second-order valence-corrected chi connectivity index (χ2v) is 8.28. The Hall–Kier alpha value is -3.59. The lowest BCUT2D eigenvalue weighted by Crippen LogP contribution is -2.28. The van der Waals surface area contributed by atoms with Crippen molar-refractivity contribution in [1.82, 2.24) is 20.1 Å². The number of anilines is 1. The lowest BCUT2D eigenvalue weighted by Gasteiger charge is -2.15. The van der Waals surface area contributed by atoms with Crippen LogP contribution in [0.2, 0.25) is 0 Å². The van der Waals surface area contributed by atoms with Gasteiger partial charge in [-0.2, -0.15) is 0 Å². The van der Waals surface area contributed by atoms with Gasteiger partial charge in [-0.3, -0.25) is 9.59 Å². The molecular weight excluding hydrogens is 438 g/mol. The summed E-state index contributed by atoms with van der Waals surface area (Å²) in [4.78, 5) is 25.1. The van der Waals surface area contributed by atoms with Crippen LogP contribution in [0.25, 0.3) is 0 Å². The van der Waals surface area contributed by atoms with Crippen molar-refractivity contribution in [2.45, 2.75) is 31.6 Å². The van der Waals surface area contributed by atoms with Crippen LogP contribution >= 0.6 is 11.8 Å². The third-order valence-electron chi connectivity index (χ3n) is 4.79. The fourth-order valence-electron chi connectivity index (χ4n) is 3.20. The monoisotopic (exact) mass is 465 g/mol. The molecule has 0 unspecified atom stereocenters. The fraction of sp³-hybridized carbons (Fsp3) is 0.250. The summed E-state index contributed by atoms with van der Waals surface area (Å²) in [6.45, 7) is 8.03. The SMILES string of the molecule is C=CCn1c(SCC(=O)Nc2cc(C)ccc2OC)nnc1[C@H](C)NC(=O)c1ccccc1. The largest absolute Gasteiger partial charge is 0.495 e. The maximum atomic E-state index is 12.6. The van der Waals surface area contributed by atoms with Crippen molar-refractivity contribution in [1.29, 1.82) is 0 Å². The molecule has 1 atom stereocenters. The lowest BCUT2D eigenvalue weighted by atomic mass is 10.2. The minimum atomic E-state index is -0.384. The van der Waals surface area contributed by atoms with E-state index in [0.717, 1.165) is 5.56 Å². The standard InChI is InChI=1S/C24H27N5O3S/c1-5-13-29-22(17(3)25-23(31)18-9-7-6-8-10-18)27-28-24(29)33-15-21(30)26-19-14-16(2)11-12-20(19)32-4/h5-12,14,17H,1,13,15H2,2-4H3,(H,25,31)(H,26,30)/t17-/m0/s1. The molecule has 2 aromatic carbocycles. The average Bonchev–Trinajstić information content (AvgIpc) is 3.21. The van der Waals surface area contributed by atoms with Crippen LogP contribution in [0.3, 0.4) is 0 Å². The number of aryl methyl sites for hydroxylation is 1. The van der Waals surface area contributed by atoms with Gasteiger partial charge >= 0.3 is 0 Å². The highest BCUT2D eigenvalue weighted by atomic mass is 32.2. The van der Waals surface area contributed by atoms with Gasteiger partial charge in [0.25, 0.3) is 5.91 Å². The molecule has 0 radical (unpaired) electrons. The Bertz CT molecular complexity index is 1130. The number of carbonyl (C=O) groups excluding carboxylic acids is 2. The van der Waals surface area contributed by atoms with Crippen LogP contribution in [0.15, 0.2) is 66.3 Å². The third kappa shape index (κ3) is 6.23. The van der Waals surface area contributed by atoms with Crippen molar-refractivity contribution in [3.8, 4) is 5.75 Å². The van der Waals surface area contributed by atoms with E-state index in [2.05, 4.69) is 27.4 Å². The predicted octanol–water partition coefficient (Wildman–Crippen LogP) is 4.00. The summed E-state index contributed by atoms with van der Waals surface area (Å²) in [5.41, 5.74) is 2.20. The first-order valence-corrected chi connectivity index (χ1v) is 11.4. The molecule has 2 amide bonds. The molecule has 1 heterocycles. The zero-order chi connectivity index (χ0) is 23.8. The van der Waals surface area contributed by atoms with Crippen molar-refractivity contribution in [2.75, 3.05) is 18.2 Å². The van der Waals surface area contributed by atoms with Crippen molar-refractivity contribution < 1.29 is 14.3 Å². The maximum absolute atomic E-state index is 12.6. The summed E-state index contributed by atoms with van der Waals surface area (Å²) in [5, 5.41) is 14.9. The van der Waals surface area contributed by atoms with E-state index in [1.807, 2.05) is 54.8 Å². The molecule has 0 aliphatic rings. The van der Waals surface area contributed by atoms with Crippen LogP contribution in [0.4, 0.5) is 5.69 Å². The summed E-state index contributed by atoms with van der Waals surface area (Å²) in [5.74, 6) is 0.930. The van der Waals surface area contributed by atoms with Crippen LogP contribution < -0.4 is 15.4 Å². The summed E-state index contributed by atoms with van der Waals surface area (Å²) in [7, 11) is 1.56. The number of allylic oxidation sites excluding steroid dienone is 1. The number of ether oxygens (including phenoxy) is 1. The molecule has 33 heavy (non-hydrogen) atoms. The van der Waals surface area contributed by atoms with Gasteiger partial charge < -0.3 is 19.9 Å². The molecule has 172 valence electrons. The van der Waals surface area contributed by atoms with Crippen molar-refractivity contribution >= 4 is 29.3 Å². The van der Waals surface area contributed by atoms with E-state index in [1.165, 1.54) is 11.8 Å². The number of hydrogen-bond donors (Lipinski definition) is 2. The second-order valence-electron chi connectivity index (χ2n) is 7.34. The number of carbonyl (C=O) groups is 2. The van der Waals surface area contributed by atoms with E-state index in [9.17, 15) is 9.59 Å². The van der Waals surface area contributed by atoms with Gasteiger partial charge in [-0.05, 0) is 43.7 Å². The van der Waals surface area contributed by atoms with Crippen molar-refractivity contribution in [2.24, 2.45) is 0 Å². The van der Waals surface area contributed by atoms with E-state index in [0.29, 0.717) is 34.5 Å². The molecule has 0 fully saturated rings. The van der Waals surface area contributed by atoms with E-state index in [4.69, 9.17) is 4.74 Å². The van der Waals surface area contributed by atoms with Gasteiger partial charge in [0.15, 0.2) is 11.0 Å². The quantitative estimate of drug-likeness (QED) is 0.347. The van der Waals surface area contributed by atoms with Crippen molar-refractivity contribution in [3.63, 3.8) is 0 Å². The third-order valence-corrected chi connectivity index (χ3v) is 5.76. The van der Waals surface area contributed by atoms with E-state index in [1.54, 1.807) is 25.3 Å². The zero-order valence-electron chi connectivity index (χ0n) is 18.9. The molecule has 0 aliphatic carbocycles. The van der Waals surface area contributed by atoms with Gasteiger partial charge in [0.1, 0.15) is 5.75 Å². The molecule has 0 spiro atoms. The number of nitrogens with zero attached hydrogens (tertiary/aromatic N) is 3. The molecule has 0 saturated carbocycles. The number of thioether (sulfide) groups is 1. The molecule has 9 heteroatoms. The number of hydrogen-bond acceptors (Lipinski definition) is 6. The van der Waals surface area contributed by atoms with E-state index < -0.39 is 0 Å². The molecular formula is C24H27N5O3S. The minimum Gasteiger partial charge on any atom is -0.495 e. The zero-order valence-corrected chi connectivity index (χ0v) is 19.7. The second kappa shape index (κ2) is 11.3. The van der Waals surface area contributed by atoms with Crippen LogP contribution in [-0.4, -0.2) is 39.4 Å². The van der Waals surface area contributed by atoms with Gasteiger partial charge in [-0.25, -0.2) is 0 Å². The number of aromatic nitrogens is 3. The highest BCUT2D eigenvalue weighted by Crippen LogP contribution is 2.26. The molecule has 0 aliphatic heterocycles. The van der Waals surface area contributed by atoms with Gasteiger partial charge in [-0.15, -0.1) is 16.8 Å². The first-order valence-electron chi connectivity index (χ1n) is 10.4. The van der Waals surface area contributed by atoms with E-state index in [-0.39, 0.29) is 23.6 Å². The average molecular weight is 466 g/mol. The molecule has 8 nitrogen and oxygen atoms in total. The smallest absolute Gasteiger partial charge is 0.251 e. The first-order chi connectivity index (χ1) is 15.9. The Kier molecular flexibility index (Phi) is 8.26. The van der Waals surface area contributed by atoms with Crippen molar-refractivity contribution in [3.05, 3.63) is 78.1 Å². The first kappa shape index (κ1) is 24.1. The highest BCUT2D eigenvalue weighted by molar-refractivity contribution is 7.99. The van der Waals surface area contributed by atoms with Gasteiger partial charge in [0.2, 0.25) is 5.91 Å². The normalized spacial score (nSPS) is 11.5. The summed E-state index contributed by atoms with van der Waals surface area (Å²) < 4.78 is 7.16. The van der Waals surface area contributed by atoms with Crippen LogP contribution in [0.5, 0.6) is 5.75 Å². The summed E-state index contributed by atoms with van der Waals surface area (Å²) in [6, 6.07) is 14.2. The Labute approximate surface area is 197 Å². The Morgan fingerprint density at radius 3 is 2.67 bits per heavy atom. The number of rotatable bonds is 10. The molecule has 2 N–H and O–H groups in total. The lowest BCUT2D eigenvalue weighted by molar-refractivity contribution is -0.113. The Balaban J connectivity index is 1.68.